The van der Waals surface area contributed by atoms with Crippen LogP contribution in [0.15, 0.2) is 47.0 Å². The molecular formula is C19H19N3O6. The van der Waals surface area contributed by atoms with Crippen molar-refractivity contribution in [1.29, 1.82) is 5.26 Å². The predicted molar refractivity (Wildman–Crippen MR) is 97.3 cm³/mol. The van der Waals surface area contributed by atoms with Gasteiger partial charge in [0.2, 0.25) is 0 Å². The van der Waals surface area contributed by atoms with Gasteiger partial charge in [0.25, 0.3) is 5.69 Å². The number of esters is 2. The van der Waals surface area contributed by atoms with E-state index in [2.05, 4.69) is 5.32 Å². The van der Waals surface area contributed by atoms with Crippen molar-refractivity contribution >= 4 is 17.6 Å². The summed E-state index contributed by atoms with van der Waals surface area (Å²) in [6.45, 7) is 4.45. The number of carbonyl (C=O) groups excluding carboxylic acids is 2. The quantitative estimate of drug-likeness (QED) is 0.342. The number of nitro benzene ring substituents is 1. The highest BCUT2D eigenvalue weighted by Gasteiger charge is 2.36. The van der Waals surface area contributed by atoms with Gasteiger partial charge in [-0.2, -0.15) is 5.26 Å². The molecule has 1 atom stereocenters. The average molecular weight is 385 g/mol. The molecule has 1 aliphatic heterocycles. The van der Waals surface area contributed by atoms with Gasteiger partial charge in [0.05, 0.1) is 34.6 Å². The molecule has 1 aromatic carbocycles. The van der Waals surface area contributed by atoms with Crippen molar-refractivity contribution in [1.82, 2.24) is 5.32 Å². The van der Waals surface area contributed by atoms with Crippen LogP contribution in [0.1, 0.15) is 38.7 Å². The Hall–Kier alpha value is -3.67. The second kappa shape index (κ2) is 8.81. The number of ether oxygens (including phenoxy) is 2. The lowest BCUT2D eigenvalue weighted by atomic mass is 9.85. The highest BCUT2D eigenvalue weighted by Crippen LogP contribution is 2.40. The van der Waals surface area contributed by atoms with E-state index in [0.717, 1.165) is 0 Å². The Morgan fingerprint density at radius 1 is 1.32 bits per heavy atom. The van der Waals surface area contributed by atoms with Crippen LogP contribution in [0.25, 0.3) is 0 Å². The average Bonchev–Trinajstić information content (AvgIpc) is 2.63. The topological polar surface area (TPSA) is 132 Å². The summed E-state index contributed by atoms with van der Waals surface area (Å²) in [6.07, 6.45) is 0.0264. The fourth-order valence-electron chi connectivity index (χ4n) is 2.94. The molecule has 1 aromatic rings. The molecule has 9 nitrogen and oxygen atoms in total. The lowest BCUT2D eigenvalue weighted by molar-refractivity contribution is -0.384. The van der Waals surface area contributed by atoms with Crippen LogP contribution in [-0.4, -0.2) is 23.5 Å². The molecule has 0 saturated heterocycles. The minimum Gasteiger partial charge on any atom is -0.461 e. The molecule has 1 aliphatic rings. The summed E-state index contributed by atoms with van der Waals surface area (Å²) >= 11 is 0. The maximum atomic E-state index is 12.7. The number of nitro groups is 1. The van der Waals surface area contributed by atoms with Gasteiger partial charge in [-0.25, -0.2) is 4.79 Å². The summed E-state index contributed by atoms with van der Waals surface area (Å²) in [5, 5.41) is 22.8. The number of nitrogens with zero attached hydrogens (tertiary/aromatic N) is 2. The zero-order valence-corrected chi connectivity index (χ0v) is 15.6. The fraction of sp³-hybridized carbons (Fsp3) is 0.316. The Kier molecular flexibility index (Phi) is 6.50. The smallest absolute Gasteiger partial charge is 0.336 e. The van der Waals surface area contributed by atoms with Crippen molar-refractivity contribution in [3.63, 3.8) is 0 Å². The third-order valence-corrected chi connectivity index (χ3v) is 4.03. The minimum absolute atomic E-state index is 0.0264. The molecule has 28 heavy (non-hydrogen) atoms. The van der Waals surface area contributed by atoms with Crippen molar-refractivity contribution in [2.75, 3.05) is 6.61 Å². The molecule has 1 heterocycles. The molecule has 0 amide bonds. The van der Waals surface area contributed by atoms with Crippen molar-refractivity contribution in [3.8, 4) is 6.07 Å². The lowest BCUT2D eigenvalue weighted by Gasteiger charge is -2.30. The van der Waals surface area contributed by atoms with Crippen LogP contribution < -0.4 is 5.32 Å². The summed E-state index contributed by atoms with van der Waals surface area (Å²) in [5.74, 6) is -2.01. The SMILES string of the molecule is CC(=O)OC1=C(C)NC(C)=C(C(=O)OCCC#N)C1c1cccc([N+](=O)[O-])c1. The molecule has 0 aromatic heterocycles. The van der Waals surface area contributed by atoms with Crippen LogP contribution in [0.2, 0.25) is 0 Å². The van der Waals surface area contributed by atoms with Crippen LogP contribution in [0.5, 0.6) is 0 Å². The number of rotatable bonds is 6. The van der Waals surface area contributed by atoms with E-state index in [-0.39, 0.29) is 30.0 Å². The number of benzene rings is 1. The third-order valence-electron chi connectivity index (χ3n) is 4.03. The molecule has 0 saturated carbocycles. The molecule has 2 rings (SSSR count). The lowest BCUT2D eigenvalue weighted by Crippen LogP contribution is -2.30. The van der Waals surface area contributed by atoms with Gasteiger partial charge in [0, 0.05) is 24.8 Å². The highest BCUT2D eigenvalue weighted by atomic mass is 16.6. The molecule has 1 N–H and O–H groups in total. The minimum atomic E-state index is -0.875. The molecule has 0 bridgehead atoms. The van der Waals surface area contributed by atoms with E-state index in [1.807, 2.05) is 6.07 Å². The van der Waals surface area contributed by atoms with Gasteiger partial charge in [-0.1, -0.05) is 12.1 Å². The van der Waals surface area contributed by atoms with E-state index in [4.69, 9.17) is 14.7 Å². The van der Waals surface area contributed by atoms with Crippen molar-refractivity contribution in [3.05, 3.63) is 62.7 Å². The van der Waals surface area contributed by atoms with E-state index in [0.29, 0.717) is 17.0 Å². The molecule has 0 fully saturated rings. The number of nitriles is 1. The maximum absolute atomic E-state index is 12.7. The Morgan fingerprint density at radius 2 is 2.04 bits per heavy atom. The number of nitrogens with one attached hydrogen (secondary N) is 1. The van der Waals surface area contributed by atoms with Crippen LogP contribution in [0.3, 0.4) is 0 Å². The van der Waals surface area contributed by atoms with E-state index >= 15 is 0 Å². The van der Waals surface area contributed by atoms with Crippen LogP contribution in [-0.2, 0) is 19.1 Å². The molecule has 0 radical (unpaired) electrons. The second-order valence-corrected chi connectivity index (χ2v) is 6.08. The molecule has 146 valence electrons. The van der Waals surface area contributed by atoms with Gasteiger partial charge in [0.15, 0.2) is 0 Å². The van der Waals surface area contributed by atoms with Gasteiger partial charge >= 0.3 is 11.9 Å². The second-order valence-electron chi connectivity index (χ2n) is 6.08. The first-order valence-corrected chi connectivity index (χ1v) is 8.41. The van der Waals surface area contributed by atoms with E-state index in [9.17, 15) is 19.7 Å². The first-order chi connectivity index (χ1) is 13.3. The maximum Gasteiger partial charge on any atom is 0.336 e. The Labute approximate surface area is 161 Å². The molecule has 0 spiro atoms. The normalized spacial score (nSPS) is 16.1. The van der Waals surface area contributed by atoms with E-state index in [1.165, 1.54) is 25.1 Å². The van der Waals surface area contributed by atoms with Gasteiger partial charge in [-0.3, -0.25) is 14.9 Å². The molecule has 0 aliphatic carbocycles. The molecule has 9 heteroatoms. The van der Waals surface area contributed by atoms with Crippen LogP contribution in [0.4, 0.5) is 5.69 Å². The molecule has 1 unspecified atom stereocenters. The van der Waals surface area contributed by atoms with Gasteiger partial charge in [0.1, 0.15) is 12.4 Å². The van der Waals surface area contributed by atoms with Crippen molar-refractivity contribution in [2.45, 2.75) is 33.1 Å². The zero-order valence-electron chi connectivity index (χ0n) is 15.6. The summed E-state index contributed by atoms with van der Waals surface area (Å²) in [4.78, 5) is 34.9. The summed E-state index contributed by atoms with van der Waals surface area (Å²) in [7, 11) is 0. The Bertz CT molecular complexity index is 926. The Balaban J connectivity index is 2.58. The number of hydrogen-bond donors (Lipinski definition) is 1. The number of non-ortho nitro benzene ring substituents is 1. The monoisotopic (exact) mass is 385 g/mol. The van der Waals surface area contributed by atoms with Gasteiger partial charge in [-0.15, -0.1) is 0 Å². The number of hydrogen-bond acceptors (Lipinski definition) is 8. The van der Waals surface area contributed by atoms with Crippen LogP contribution in [0, 0.1) is 21.4 Å². The van der Waals surface area contributed by atoms with Crippen molar-refractivity contribution < 1.29 is 24.0 Å². The van der Waals surface area contributed by atoms with Crippen molar-refractivity contribution in [2.24, 2.45) is 0 Å². The number of allylic oxidation sites excluding steroid dienone is 3. The number of dihydropyridines is 1. The standard InChI is InChI=1S/C19H19N3O6/c1-11-16(19(24)27-9-5-8-20)17(18(12(2)21-11)28-13(3)23)14-6-4-7-15(10-14)22(25)26/h4,6-7,10,17,21H,5,9H2,1-3H3. The number of carbonyl (C=O) groups is 2. The summed E-state index contributed by atoms with van der Waals surface area (Å²) in [6, 6.07) is 7.63. The molecular weight excluding hydrogens is 366 g/mol. The zero-order chi connectivity index (χ0) is 20.8. The predicted octanol–water partition coefficient (Wildman–Crippen LogP) is 2.81. The largest absolute Gasteiger partial charge is 0.461 e. The summed E-state index contributed by atoms with van der Waals surface area (Å²) < 4.78 is 10.5. The first-order valence-electron chi connectivity index (χ1n) is 8.41. The van der Waals surface area contributed by atoms with E-state index < -0.39 is 22.8 Å². The highest BCUT2D eigenvalue weighted by molar-refractivity contribution is 5.92. The Morgan fingerprint density at radius 3 is 2.64 bits per heavy atom. The van der Waals surface area contributed by atoms with Gasteiger partial charge in [-0.05, 0) is 19.4 Å². The third kappa shape index (κ3) is 4.54. The first kappa shape index (κ1) is 20.6. The summed E-state index contributed by atoms with van der Waals surface area (Å²) in [5.41, 5.74) is 1.36. The van der Waals surface area contributed by atoms with Crippen LogP contribution >= 0.6 is 0 Å². The van der Waals surface area contributed by atoms with Gasteiger partial charge < -0.3 is 14.8 Å². The fourth-order valence-corrected chi connectivity index (χ4v) is 2.94. The van der Waals surface area contributed by atoms with E-state index in [1.54, 1.807) is 19.9 Å².